The molecule has 0 bridgehead atoms. The average Bonchev–Trinajstić information content (AvgIpc) is 2.94. The minimum atomic E-state index is -0.109. The fraction of sp³-hybridized carbons (Fsp3) is 0.133. The second-order valence-electron chi connectivity index (χ2n) is 4.51. The van der Waals surface area contributed by atoms with Gasteiger partial charge < -0.3 is 5.32 Å². The van der Waals surface area contributed by atoms with Gasteiger partial charge in [-0.3, -0.25) is 9.78 Å². The minimum absolute atomic E-state index is 0.109. The van der Waals surface area contributed by atoms with E-state index in [1.165, 1.54) is 11.3 Å². The first kappa shape index (κ1) is 14.0. The van der Waals surface area contributed by atoms with Crippen LogP contribution in [-0.4, -0.2) is 15.9 Å². The first-order valence-corrected chi connectivity index (χ1v) is 7.80. The molecule has 0 spiro atoms. The smallest absolute Gasteiger partial charge is 0.231 e. The zero-order valence-corrected chi connectivity index (χ0v) is 12.6. The first-order valence-electron chi connectivity index (χ1n) is 6.38. The fourth-order valence-corrected chi connectivity index (χ4v) is 2.99. The number of benzene rings is 1. The standard InChI is InChI=1S/C15H12ClN3OS/c16-7-12-9-21-15(19-12)6-14(20)18-11-5-10-3-1-2-4-13(10)17-8-11/h1-5,8-9H,6-7H2,(H,18,20). The highest BCUT2D eigenvalue weighted by Gasteiger charge is 2.08. The number of para-hydroxylation sites is 1. The zero-order chi connectivity index (χ0) is 14.7. The molecule has 0 unspecified atom stereocenters. The molecular weight excluding hydrogens is 306 g/mol. The van der Waals surface area contributed by atoms with Crippen LogP contribution in [0.1, 0.15) is 10.7 Å². The third kappa shape index (κ3) is 3.37. The van der Waals surface area contributed by atoms with Crippen LogP contribution in [0.25, 0.3) is 10.9 Å². The molecule has 0 aliphatic heterocycles. The third-order valence-corrected chi connectivity index (χ3v) is 4.09. The number of aromatic nitrogens is 2. The number of nitrogens with zero attached hydrogens (tertiary/aromatic N) is 2. The Balaban J connectivity index is 1.70. The van der Waals surface area contributed by atoms with Gasteiger partial charge in [-0.15, -0.1) is 22.9 Å². The molecule has 0 aliphatic carbocycles. The van der Waals surface area contributed by atoms with Gasteiger partial charge in [0, 0.05) is 10.8 Å². The molecule has 0 radical (unpaired) electrons. The Labute approximate surface area is 130 Å². The number of carbonyl (C=O) groups excluding carboxylic acids is 1. The molecule has 3 aromatic rings. The number of carbonyl (C=O) groups is 1. The first-order chi connectivity index (χ1) is 10.2. The van der Waals surface area contributed by atoms with Gasteiger partial charge in [-0.05, 0) is 12.1 Å². The lowest BCUT2D eigenvalue weighted by Crippen LogP contribution is -2.14. The quantitative estimate of drug-likeness (QED) is 0.748. The molecule has 0 atom stereocenters. The monoisotopic (exact) mass is 317 g/mol. The Hall–Kier alpha value is -1.98. The van der Waals surface area contributed by atoms with Gasteiger partial charge in [-0.25, -0.2) is 4.98 Å². The second kappa shape index (κ2) is 6.20. The summed E-state index contributed by atoms with van der Waals surface area (Å²) in [6.07, 6.45) is 1.90. The third-order valence-electron chi connectivity index (χ3n) is 2.92. The highest BCUT2D eigenvalue weighted by atomic mass is 35.5. The molecule has 3 rings (SSSR count). The number of anilines is 1. The number of hydrogen-bond donors (Lipinski definition) is 1. The lowest BCUT2D eigenvalue weighted by atomic mass is 10.2. The molecule has 4 nitrogen and oxygen atoms in total. The van der Waals surface area contributed by atoms with Crippen molar-refractivity contribution in [3.05, 3.63) is 52.6 Å². The van der Waals surface area contributed by atoms with E-state index in [2.05, 4.69) is 15.3 Å². The number of fused-ring (bicyclic) bond motifs is 1. The van der Waals surface area contributed by atoms with E-state index in [9.17, 15) is 4.79 Å². The summed E-state index contributed by atoms with van der Waals surface area (Å²) in [5.74, 6) is 0.259. The second-order valence-corrected chi connectivity index (χ2v) is 5.72. The number of halogens is 1. The number of thiazole rings is 1. The molecule has 106 valence electrons. The summed E-state index contributed by atoms with van der Waals surface area (Å²) in [6.45, 7) is 0. The normalized spacial score (nSPS) is 10.7. The van der Waals surface area contributed by atoms with Gasteiger partial charge >= 0.3 is 0 Å². The summed E-state index contributed by atoms with van der Waals surface area (Å²) >= 11 is 7.14. The molecule has 2 aromatic heterocycles. The van der Waals surface area contributed by atoms with Crippen molar-refractivity contribution in [2.45, 2.75) is 12.3 Å². The summed E-state index contributed by atoms with van der Waals surface area (Å²) in [5, 5.41) is 6.47. The van der Waals surface area contributed by atoms with E-state index in [-0.39, 0.29) is 12.3 Å². The SMILES string of the molecule is O=C(Cc1nc(CCl)cs1)Nc1cnc2ccccc2c1. The van der Waals surface area contributed by atoms with E-state index in [1.807, 2.05) is 35.7 Å². The summed E-state index contributed by atoms with van der Waals surface area (Å²) in [5.41, 5.74) is 2.40. The molecule has 6 heteroatoms. The van der Waals surface area contributed by atoms with Gasteiger partial charge in [0.2, 0.25) is 5.91 Å². The lowest BCUT2D eigenvalue weighted by Gasteiger charge is -2.05. The van der Waals surface area contributed by atoms with Crippen LogP contribution >= 0.6 is 22.9 Å². The molecular formula is C15H12ClN3OS. The highest BCUT2D eigenvalue weighted by molar-refractivity contribution is 7.09. The van der Waals surface area contributed by atoms with Crippen molar-refractivity contribution in [1.82, 2.24) is 9.97 Å². The lowest BCUT2D eigenvalue weighted by molar-refractivity contribution is -0.115. The maximum Gasteiger partial charge on any atom is 0.231 e. The Morgan fingerprint density at radius 3 is 3.00 bits per heavy atom. The highest BCUT2D eigenvalue weighted by Crippen LogP contribution is 2.17. The van der Waals surface area contributed by atoms with Gasteiger partial charge in [-0.1, -0.05) is 18.2 Å². The summed E-state index contributed by atoms with van der Waals surface area (Å²) in [4.78, 5) is 20.6. The van der Waals surface area contributed by atoms with E-state index >= 15 is 0 Å². The number of amides is 1. The van der Waals surface area contributed by atoms with Crippen LogP contribution in [0.15, 0.2) is 41.9 Å². The van der Waals surface area contributed by atoms with E-state index < -0.39 is 0 Å². The summed E-state index contributed by atoms with van der Waals surface area (Å²) in [6, 6.07) is 9.69. The molecule has 1 aromatic carbocycles. The predicted molar refractivity (Wildman–Crippen MR) is 85.7 cm³/mol. The van der Waals surface area contributed by atoms with Crippen LogP contribution < -0.4 is 5.32 Å². The fourth-order valence-electron chi connectivity index (χ4n) is 1.97. The number of pyridine rings is 1. The van der Waals surface area contributed by atoms with E-state index in [1.54, 1.807) is 6.20 Å². The molecule has 2 heterocycles. The molecule has 0 saturated carbocycles. The molecule has 1 amide bonds. The van der Waals surface area contributed by atoms with Crippen LogP contribution in [-0.2, 0) is 17.1 Å². The van der Waals surface area contributed by atoms with Crippen molar-refractivity contribution in [3.63, 3.8) is 0 Å². The van der Waals surface area contributed by atoms with E-state index in [0.717, 1.165) is 21.6 Å². The van der Waals surface area contributed by atoms with Crippen molar-refractivity contribution in [2.75, 3.05) is 5.32 Å². The van der Waals surface area contributed by atoms with Crippen LogP contribution in [0.4, 0.5) is 5.69 Å². The van der Waals surface area contributed by atoms with Gasteiger partial charge in [0.15, 0.2) is 0 Å². The van der Waals surface area contributed by atoms with Crippen LogP contribution in [0.3, 0.4) is 0 Å². The maximum absolute atomic E-state index is 12.0. The zero-order valence-electron chi connectivity index (χ0n) is 11.0. The summed E-state index contributed by atoms with van der Waals surface area (Å²) < 4.78 is 0. The molecule has 0 saturated heterocycles. The topological polar surface area (TPSA) is 54.9 Å². The van der Waals surface area contributed by atoms with Crippen molar-refractivity contribution >= 4 is 45.4 Å². The van der Waals surface area contributed by atoms with Gasteiger partial charge in [-0.2, -0.15) is 0 Å². The van der Waals surface area contributed by atoms with Crippen LogP contribution in [0.5, 0.6) is 0 Å². The van der Waals surface area contributed by atoms with Crippen molar-refractivity contribution in [2.24, 2.45) is 0 Å². The Morgan fingerprint density at radius 1 is 1.33 bits per heavy atom. The predicted octanol–water partition coefficient (Wildman–Crippen LogP) is 3.61. The Kier molecular flexibility index (Phi) is 4.13. The van der Waals surface area contributed by atoms with Crippen molar-refractivity contribution < 1.29 is 4.79 Å². The Bertz CT molecular complexity index is 787. The average molecular weight is 318 g/mol. The van der Waals surface area contributed by atoms with Gasteiger partial charge in [0.1, 0.15) is 5.01 Å². The van der Waals surface area contributed by atoms with E-state index in [0.29, 0.717) is 11.6 Å². The molecule has 0 fully saturated rings. The molecule has 0 aliphatic rings. The Morgan fingerprint density at radius 2 is 2.19 bits per heavy atom. The van der Waals surface area contributed by atoms with Gasteiger partial charge in [0.25, 0.3) is 0 Å². The van der Waals surface area contributed by atoms with Crippen LogP contribution in [0, 0.1) is 0 Å². The van der Waals surface area contributed by atoms with E-state index in [4.69, 9.17) is 11.6 Å². The van der Waals surface area contributed by atoms with Crippen molar-refractivity contribution in [1.29, 1.82) is 0 Å². The minimum Gasteiger partial charge on any atom is -0.324 e. The van der Waals surface area contributed by atoms with Crippen molar-refractivity contribution in [3.8, 4) is 0 Å². The maximum atomic E-state index is 12.0. The van der Waals surface area contributed by atoms with Crippen LogP contribution in [0.2, 0.25) is 0 Å². The number of hydrogen-bond acceptors (Lipinski definition) is 4. The molecule has 1 N–H and O–H groups in total. The number of alkyl halides is 1. The van der Waals surface area contributed by atoms with Gasteiger partial charge in [0.05, 0.1) is 35.4 Å². The largest absolute Gasteiger partial charge is 0.324 e. The number of nitrogens with one attached hydrogen (secondary N) is 1. The molecule has 21 heavy (non-hydrogen) atoms. The number of rotatable bonds is 4. The summed E-state index contributed by atoms with van der Waals surface area (Å²) in [7, 11) is 0.